The van der Waals surface area contributed by atoms with Crippen LogP contribution in [0.25, 0.3) is 0 Å². The van der Waals surface area contributed by atoms with Crippen molar-refractivity contribution in [1.29, 1.82) is 0 Å². The van der Waals surface area contributed by atoms with Crippen LogP contribution in [0.5, 0.6) is 0 Å². The average Bonchev–Trinajstić information content (AvgIpc) is 3.06. The van der Waals surface area contributed by atoms with Gasteiger partial charge in [0, 0.05) is 50.1 Å². The predicted molar refractivity (Wildman–Crippen MR) is 148 cm³/mol. The van der Waals surface area contributed by atoms with Gasteiger partial charge in [-0.2, -0.15) is 0 Å². The Kier molecular flexibility index (Phi) is 8.53. The molecule has 0 aromatic carbocycles. The third-order valence-electron chi connectivity index (χ3n) is 6.30. The Morgan fingerprint density at radius 2 is 2.06 bits per heavy atom. The molecule has 0 saturated heterocycles. The van der Waals surface area contributed by atoms with Gasteiger partial charge in [0.2, 0.25) is 0 Å². The third-order valence-corrected chi connectivity index (χ3v) is 9.01. The molecule has 2 heterocycles. The highest BCUT2D eigenvalue weighted by Crippen LogP contribution is 2.47. The number of allylic oxidation sites excluding steroid dienone is 9. The second-order valence-electron chi connectivity index (χ2n) is 10.7. The number of nitrogens with one attached hydrogen (secondary N) is 1. The van der Waals surface area contributed by atoms with Gasteiger partial charge in [-0.3, -0.25) is 4.99 Å². The Morgan fingerprint density at radius 3 is 2.85 bits per heavy atom. The maximum atomic E-state index is 6.37. The van der Waals surface area contributed by atoms with Crippen LogP contribution in [0, 0.1) is 0 Å². The first kappa shape index (κ1) is 25.4. The molecule has 0 bridgehead atoms. The molecule has 0 amide bonds. The normalized spacial score (nSPS) is 22.2. The summed E-state index contributed by atoms with van der Waals surface area (Å²) in [7, 11) is 3.07. The number of thioether (sulfide) groups is 1. The van der Waals surface area contributed by atoms with Gasteiger partial charge in [0.1, 0.15) is 12.3 Å². The van der Waals surface area contributed by atoms with E-state index in [2.05, 4.69) is 79.7 Å². The second kappa shape index (κ2) is 11.4. The average molecular weight is 498 g/mol. The van der Waals surface area contributed by atoms with Gasteiger partial charge < -0.3 is 19.7 Å². The van der Waals surface area contributed by atoms with Gasteiger partial charge in [-0.15, -0.1) is 0 Å². The monoisotopic (exact) mass is 497 g/mol. The fourth-order valence-corrected chi connectivity index (χ4v) is 6.01. The van der Waals surface area contributed by atoms with Crippen molar-refractivity contribution in [2.75, 3.05) is 40.5 Å². The Labute approximate surface area is 210 Å². The minimum absolute atomic E-state index is 0.124. The highest BCUT2D eigenvalue weighted by atomic mass is 32.2. The summed E-state index contributed by atoms with van der Waals surface area (Å²) in [5, 5.41) is 5.93. The molecule has 184 valence electrons. The lowest BCUT2D eigenvalue weighted by Crippen LogP contribution is -2.45. The molecule has 0 spiro atoms. The summed E-state index contributed by atoms with van der Waals surface area (Å²) >= 11 is 1.82. The van der Waals surface area contributed by atoms with E-state index in [1.807, 2.05) is 18.0 Å². The van der Waals surface area contributed by atoms with Crippen LogP contribution in [0.4, 0.5) is 0 Å². The van der Waals surface area contributed by atoms with Crippen LogP contribution in [0.2, 0.25) is 25.7 Å². The van der Waals surface area contributed by atoms with Crippen molar-refractivity contribution >= 4 is 26.1 Å². The molecule has 0 aromatic heterocycles. The van der Waals surface area contributed by atoms with Gasteiger partial charge in [0.25, 0.3) is 0 Å². The van der Waals surface area contributed by atoms with Crippen LogP contribution in [-0.4, -0.2) is 71.9 Å². The molecule has 4 rings (SSSR count). The van der Waals surface area contributed by atoms with E-state index in [9.17, 15) is 0 Å². The van der Waals surface area contributed by atoms with Gasteiger partial charge in [-0.25, -0.2) is 0 Å². The lowest BCUT2D eigenvalue weighted by atomic mass is 10.0. The van der Waals surface area contributed by atoms with Crippen LogP contribution < -0.4 is 5.32 Å². The van der Waals surface area contributed by atoms with E-state index >= 15 is 0 Å². The molecule has 0 saturated carbocycles. The van der Waals surface area contributed by atoms with E-state index in [1.54, 1.807) is 0 Å². The number of ether oxygens (including phenoxy) is 2. The van der Waals surface area contributed by atoms with Crippen molar-refractivity contribution in [3.63, 3.8) is 0 Å². The number of rotatable bonds is 11. The zero-order valence-electron chi connectivity index (χ0n) is 21.3. The molecule has 4 aliphatic rings. The van der Waals surface area contributed by atoms with Crippen molar-refractivity contribution in [3.8, 4) is 0 Å². The molecule has 2 aliphatic carbocycles. The molecule has 0 aromatic rings. The molecule has 0 radical (unpaired) electrons. The molecule has 1 N–H and O–H groups in total. The topological polar surface area (TPSA) is 46.1 Å². The summed E-state index contributed by atoms with van der Waals surface area (Å²) in [6.45, 7) is 10.2. The fourth-order valence-electron chi connectivity index (χ4n) is 4.35. The Bertz CT molecular complexity index is 982. The summed E-state index contributed by atoms with van der Waals surface area (Å²) in [6.07, 6.45) is 14.6. The molecule has 7 heteroatoms. The lowest BCUT2D eigenvalue weighted by Gasteiger charge is -2.31. The number of aliphatic imine (C=N–C) groups is 1. The first-order valence-electron chi connectivity index (χ1n) is 12.3. The van der Waals surface area contributed by atoms with Crippen LogP contribution in [0.15, 0.2) is 73.7 Å². The second-order valence-corrected chi connectivity index (χ2v) is 17.2. The zero-order chi connectivity index (χ0) is 24.1. The summed E-state index contributed by atoms with van der Waals surface area (Å²) in [5.41, 5.74) is 6.43. The van der Waals surface area contributed by atoms with Crippen molar-refractivity contribution in [2.24, 2.45) is 4.99 Å². The fraction of sp³-hybridized carbons (Fsp3) is 0.519. The van der Waals surface area contributed by atoms with Crippen LogP contribution >= 0.6 is 11.8 Å². The van der Waals surface area contributed by atoms with E-state index < -0.39 is 8.07 Å². The van der Waals surface area contributed by atoms with E-state index in [0.717, 1.165) is 37.6 Å². The molecule has 0 fully saturated rings. The molecule has 2 aliphatic heterocycles. The zero-order valence-corrected chi connectivity index (χ0v) is 23.1. The van der Waals surface area contributed by atoms with Gasteiger partial charge in [-0.05, 0) is 55.2 Å². The first-order valence-corrected chi connectivity index (χ1v) is 16.9. The number of hydrogen-bond acceptors (Lipinski definition) is 6. The van der Waals surface area contributed by atoms with Crippen LogP contribution in [-0.2, 0) is 9.47 Å². The Balaban J connectivity index is 1.50. The summed E-state index contributed by atoms with van der Waals surface area (Å²) in [5.74, 6) is 0. The lowest BCUT2D eigenvalue weighted by molar-refractivity contribution is -0.0316. The predicted octanol–water partition coefficient (Wildman–Crippen LogP) is 5.27. The molecule has 34 heavy (non-hydrogen) atoms. The maximum Gasteiger partial charge on any atom is 0.147 e. The van der Waals surface area contributed by atoms with Gasteiger partial charge in [0.05, 0.1) is 6.61 Å². The highest BCUT2D eigenvalue weighted by molar-refractivity contribution is 8.06. The largest absolute Gasteiger partial charge is 0.379 e. The Hall–Kier alpha value is -1.64. The molecular formula is C27H39N3O2SSi. The van der Waals surface area contributed by atoms with Gasteiger partial charge in [-0.1, -0.05) is 61.8 Å². The number of fused-ring (bicyclic) bond motifs is 3. The van der Waals surface area contributed by atoms with Crippen molar-refractivity contribution in [1.82, 2.24) is 10.2 Å². The SMILES string of the molecule is CN(C)CCCOC(COCC[Si](C)(C)C)C1N=CC2=CC=CC3=C4SC=CC=C4CC3=C2N1. The van der Waals surface area contributed by atoms with Crippen LogP contribution in [0.3, 0.4) is 0 Å². The van der Waals surface area contributed by atoms with Crippen molar-refractivity contribution in [2.45, 2.75) is 50.8 Å². The summed E-state index contributed by atoms with van der Waals surface area (Å²) < 4.78 is 12.5. The highest BCUT2D eigenvalue weighted by Gasteiger charge is 2.32. The van der Waals surface area contributed by atoms with Crippen molar-refractivity contribution in [3.05, 3.63) is 68.7 Å². The number of hydrogen-bond donors (Lipinski definition) is 1. The first-order chi connectivity index (χ1) is 16.3. The molecule has 2 unspecified atom stereocenters. The van der Waals surface area contributed by atoms with E-state index in [-0.39, 0.29) is 12.3 Å². The minimum atomic E-state index is -1.13. The summed E-state index contributed by atoms with van der Waals surface area (Å²) in [4.78, 5) is 8.44. The quantitative estimate of drug-likeness (QED) is 0.311. The smallest absolute Gasteiger partial charge is 0.147 e. The maximum absolute atomic E-state index is 6.37. The standard InChI is InChI=1S/C27H39N3O2SSi/c1-30(2)12-8-13-32-24(19-31-14-16-34(3,4)5)27-28-18-21-9-6-11-22-23(25(21)29-27)17-20-10-7-15-33-26(20)22/h6-7,9-11,15,18,24,27,29H,8,12-14,16-17,19H2,1-5H3. The molecule has 5 nitrogen and oxygen atoms in total. The molecular weight excluding hydrogens is 458 g/mol. The van der Waals surface area contributed by atoms with E-state index in [4.69, 9.17) is 14.5 Å². The van der Waals surface area contributed by atoms with Gasteiger partial charge >= 0.3 is 0 Å². The van der Waals surface area contributed by atoms with E-state index in [0.29, 0.717) is 13.2 Å². The molecule has 2 atom stereocenters. The van der Waals surface area contributed by atoms with Gasteiger partial charge in [0.15, 0.2) is 0 Å². The van der Waals surface area contributed by atoms with Crippen molar-refractivity contribution < 1.29 is 9.47 Å². The van der Waals surface area contributed by atoms with E-state index in [1.165, 1.54) is 27.3 Å². The third kappa shape index (κ3) is 6.52. The Morgan fingerprint density at radius 1 is 1.21 bits per heavy atom. The summed E-state index contributed by atoms with van der Waals surface area (Å²) in [6, 6.07) is 1.16. The minimum Gasteiger partial charge on any atom is -0.379 e. The number of nitrogens with zero attached hydrogens (tertiary/aromatic N) is 2. The van der Waals surface area contributed by atoms with Crippen LogP contribution in [0.1, 0.15) is 12.8 Å².